The molecule has 136 valence electrons. The minimum absolute atomic E-state index is 0.0418. The van der Waals surface area contributed by atoms with Crippen molar-refractivity contribution in [1.82, 2.24) is 9.62 Å². The zero-order valence-corrected chi connectivity index (χ0v) is 16.2. The van der Waals surface area contributed by atoms with Gasteiger partial charge in [-0.25, -0.2) is 12.7 Å². The first kappa shape index (κ1) is 18.4. The van der Waals surface area contributed by atoms with Crippen LogP contribution in [0, 0.1) is 5.92 Å². The van der Waals surface area contributed by atoms with E-state index in [2.05, 4.69) is 22.8 Å². The molecule has 0 saturated carbocycles. The number of benzene rings is 1. The number of hydrogen-bond donors (Lipinski definition) is 1. The Labute approximate surface area is 153 Å². The Morgan fingerprint density at radius 3 is 2.68 bits per heavy atom. The normalized spacial score (nSPS) is 18.3. The summed E-state index contributed by atoms with van der Waals surface area (Å²) in [6.07, 6.45) is 3.21. The number of sulfonamides is 1. The van der Waals surface area contributed by atoms with Gasteiger partial charge < -0.3 is 5.32 Å². The number of nitrogens with one attached hydrogen (secondary N) is 1. The molecule has 1 saturated heterocycles. The Balaban J connectivity index is 1.55. The quantitative estimate of drug-likeness (QED) is 0.867. The summed E-state index contributed by atoms with van der Waals surface area (Å²) in [6.45, 7) is 2.89. The van der Waals surface area contributed by atoms with Crippen molar-refractivity contribution in [2.45, 2.75) is 32.2 Å². The number of carbonyl (C=O) groups excluding carboxylic acids is 1. The van der Waals surface area contributed by atoms with Crippen LogP contribution in [0.25, 0.3) is 10.1 Å². The van der Waals surface area contributed by atoms with Gasteiger partial charge in [0.15, 0.2) is 0 Å². The molecule has 0 aliphatic carbocycles. The number of nitrogens with zero attached hydrogens (tertiary/aromatic N) is 1. The number of hydrogen-bond acceptors (Lipinski definition) is 4. The molecule has 1 unspecified atom stereocenters. The minimum Gasteiger partial charge on any atom is -0.353 e. The summed E-state index contributed by atoms with van der Waals surface area (Å²) >= 11 is 1.73. The molecule has 1 aromatic heterocycles. The maximum absolute atomic E-state index is 12.5. The lowest BCUT2D eigenvalue weighted by Gasteiger charge is -2.30. The van der Waals surface area contributed by atoms with Gasteiger partial charge in [-0.2, -0.15) is 0 Å². The van der Waals surface area contributed by atoms with Gasteiger partial charge in [-0.05, 0) is 48.6 Å². The van der Waals surface area contributed by atoms with Gasteiger partial charge in [-0.3, -0.25) is 4.79 Å². The van der Waals surface area contributed by atoms with E-state index in [-0.39, 0.29) is 17.9 Å². The van der Waals surface area contributed by atoms with E-state index in [0.717, 1.165) is 6.42 Å². The third kappa shape index (κ3) is 4.40. The first-order valence-electron chi connectivity index (χ1n) is 8.55. The van der Waals surface area contributed by atoms with Gasteiger partial charge in [-0.15, -0.1) is 11.3 Å². The summed E-state index contributed by atoms with van der Waals surface area (Å²) in [7, 11) is -3.15. The minimum atomic E-state index is -3.15. The first-order valence-corrected chi connectivity index (χ1v) is 11.3. The van der Waals surface area contributed by atoms with E-state index >= 15 is 0 Å². The molecule has 2 aromatic rings. The third-order valence-corrected chi connectivity index (χ3v) is 7.09. The van der Waals surface area contributed by atoms with Gasteiger partial charge in [0.05, 0.1) is 6.26 Å². The third-order valence-electron chi connectivity index (χ3n) is 4.77. The molecule has 0 spiro atoms. The molecule has 1 fully saturated rings. The number of amides is 1. The molecule has 2 heterocycles. The van der Waals surface area contributed by atoms with Gasteiger partial charge in [0.1, 0.15) is 0 Å². The summed E-state index contributed by atoms with van der Waals surface area (Å²) in [4.78, 5) is 12.5. The lowest BCUT2D eigenvalue weighted by Crippen LogP contribution is -2.44. The zero-order valence-electron chi connectivity index (χ0n) is 14.6. The summed E-state index contributed by atoms with van der Waals surface area (Å²) in [6, 6.07) is 8.37. The van der Waals surface area contributed by atoms with Gasteiger partial charge in [-0.1, -0.05) is 18.2 Å². The average Bonchev–Trinajstić information content (AvgIpc) is 2.97. The SMILES string of the molecule is CC(Cc1csc2ccccc12)NC(=O)C1CCN(S(C)(=O)=O)CC1. The number of rotatable bonds is 5. The second-order valence-electron chi connectivity index (χ2n) is 6.81. The van der Waals surface area contributed by atoms with Crippen LogP contribution in [0.2, 0.25) is 0 Å². The lowest BCUT2D eigenvalue weighted by molar-refractivity contribution is -0.126. The highest BCUT2D eigenvalue weighted by Crippen LogP contribution is 2.26. The van der Waals surface area contributed by atoms with Crippen molar-refractivity contribution in [3.8, 4) is 0 Å². The second-order valence-corrected chi connectivity index (χ2v) is 9.70. The van der Waals surface area contributed by atoms with Gasteiger partial charge in [0.2, 0.25) is 15.9 Å². The van der Waals surface area contributed by atoms with Crippen LogP contribution in [-0.2, 0) is 21.2 Å². The maximum atomic E-state index is 12.5. The Morgan fingerprint density at radius 2 is 2.00 bits per heavy atom. The fourth-order valence-electron chi connectivity index (χ4n) is 3.38. The standard InChI is InChI=1S/C18H24N2O3S2/c1-13(11-15-12-24-17-6-4-3-5-16(15)17)19-18(21)14-7-9-20(10-8-14)25(2,22)23/h3-6,12-14H,7-11H2,1-2H3,(H,19,21). The maximum Gasteiger partial charge on any atom is 0.223 e. The molecule has 1 amide bonds. The molecular formula is C18H24N2O3S2. The van der Waals surface area contributed by atoms with Crippen LogP contribution in [-0.4, -0.2) is 44.0 Å². The van der Waals surface area contributed by atoms with Crippen molar-refractivity contribution in [2.24, 2.45) is 5.92 Å². The van der Waals surface area contributed by atoms with Crippen LogP contribution in [0.3, 0.4) is 0 Å². The molecule has 25 heavy (non-hydrogen) atoms. The Morgan fingerprint density at radius 1 is 1.32 bits per heavy atom. The fraction of sp³-hybridized carbons (Fsp3) is 0.500. The smallest absolute Gasteiger partial charge is 0.223 e. The predicted molar refractivity (Wildman–Crippen MR) is 102 cm³/mol. The average molecular weight is 381 g/mol. The molecule has 1 N–H and O–H groups in total. The second kappa shape index (κ2) is 7.43. The van der Waals surface area contributed by atoms with Crippen LogP contribution in [0.4, 0.5) is 0 Å². The van der Waals surface area contributed by atoms with Crippen molar-refractivity contribution in [2.75, 3.05) is 19.3 Å². The number of thiophene rings is 1. The topological polar surface area (TPSA) is 66.5 Å². The molecule has 5 nitrogen and oxygen atoms in total. The van der Waals surface area contributed by atoms with Gasteiger partial charge in [0, 0.05) is 29.7 Å². The van der Waals surface area contributed by atoms with E-state index in [4.69, 9.17) is 0 Å². The number of fused-ring (bicyclic) bond motifs is 1. The molecular weight excluding hydrogens is 356 g/mol. The van der Waals surface area contributed by atoms with Gasteiger partial charge in [0.25, 0.3) is 0 Å². The van der Waals surface area contributed by atoms with Crippen molar-refractivity contribution in [3.63, 3.8) is 0 Å². The van der Waals surface area contributed by atoms with E-state index in [1.807, 2.05) is 19.1 Å². The monoisotopic (exact) mass is 380 g/mol. The zero-order chi connectivity index (χ0) is 18.0. The molecule has 7 heteroatoms. The molecule has 1 atom stereocenters. The van der Waals surface area contributed by atoms with E-state index in [9.17, 15) is 13.2 Å². The number of piperidine rings is 1. The van der Waals surface area contributed by atoms with Crippen LogP contribution in [0.5, 0.6) is 0 Å². The molecule has 1 aliphatic heterocycles. The molecule has 3 rings (SSSR count). The Kier molecular flexibility index (Phi) is 5.46. The number of carbonyl (C=O) groups is 1. The predicted octanol–water partition coefficient (Wildman–Crippen LogP) is 2.62. The van der Waals surface area contributed by atoms with E-state index in [1.54, 1.807) is 11.3 Å². The summed E-state index contributed by atoms with van der Waals surface area (Å²) < 4.78 is 25.8. The summed E-state index contributed by atoms with van der Waals surface area (Å²) in [5, 5.41) is 6.53. The van der Waals surface area contributed by atoms with Crippen LogP contribution in [0.1, 0.15) is 25.3 Å². The summed E-state index contributed by atoms with van der Waals surface area (Å²) in [5.74, 6) is -0.0557. The van der Waals surface area contributed by atoms with Crippen molar-refractivity contribution < 1.29 is 13.2 Å². The molecule has 0 radical (unpaired) electrons. The Hall–Kier alpha value is -1.44. The Bertz CT molecular complexity index is 852. The van der Waals surface area contributed by atoms with Crippen molar-refractivity contribution in [1.29, 1.82) is 0 Å². The van der Waals surface area contributed by atoms with E-state index in [0.29, 0.717) is 25.9 Å². The highest BCUT2D eigenvalue weighted by atomic mass is 32.2. The molecule has 1 aromatic carbocycles. The van der Waals surface area contributed by atoms with Crippen molar-refractivity contribution in [3.05, 3.63) is 35.2 Å². The van der Waals surface area contributed by atoms with Crippen molar-refractivity contribution >= 4 is 37.4 Å². The summed E-state index contributed by atoms with van der Waals surface area (Å²) in [5.41, 5.74) is 1.26. The fourth-order valence-corrected chi connectivity index (χ4v) is 5.23. The van der Waals surface area contributed by atoms with Gasteiger partial charge >= 0.3 is 0 Å². The van der Waals surface area contributed by atoms with Crippen LogP contribution >= 0.6 is 11.3 Å². The molecule has 0 bridgehead atoms. The highest BCUT2D eigenvalue weighted by molar-refractivity contribution is 7.88. The highest BCUT2D eigenvalue weighted by Gasteiger charge is 2.29. The lowest BCUT2D eigenvalue weighted by atomic mass is 9.96. The van der Waals surface area contributed by atoms with Crippen LogP contribution in [0.15, 0.2) is 29.6 Å². The molecule has 1 aliphatic rings. The first-order chi connectivity index (χ1) is 11.8. The van der Waals surface area contributed by atoms with E-state index in [1.165, 1.54) is 26.2 Å². The van der Waals surface area contributed by atoms with E-state index < -0.39 is 10.0 Å². The largest absolute Gasteiger partial charge is 0.353 e. The van der Waals surface area contributed by atoms with Crippen LogP contribution < -0.4 is 5.32 Å².